The van der Waals surface area contributed by atoms with E-state index in [4.69, 9.17) is 4.74 Å². The zero-order valence-corrected chi connectivity index (χ0v) is 15.9. The highest BCUT2D eigenvalue weighted by Gasteiger charge is 2.33. The number of amides is 1. The monoisotopic (exact) mass is 397 g/mol. The largest absolute Gasteiger partial charge is 0.377 e. The number of nitrogens with zero attached hydrogens (tertiary/aromatic N) is 4. The van der Waals surface area contributed by atoms with E-state index in [1.54, 1.807) is 24.3 Å². The maximum absolute atomic E-state index is 12.7. The summed E-state index contributed by atoms with van der Waals surface area (Å²) in [7, 11) is 0. The Balaban J connectivity index is 1.39. The zero-order chi connectivity index (χ0) is 19.1. The molecule has 0 saturated carbocycles. The molecule has 1 aliphatic carbocycles. The second kappa shape index (κ2) is 7.06. The first kappa shape index (κ1) is 17.4. The molecular formula is C19H19N5O3S. The molecular weight excluding hydrogens is 378 g/mol. The van der Waals surface area contributed by atoms with Gasteiger partial charge in [-0.15, -0.1) is 0 Å². The van der Waals surface area contributed by atoms with E-state index < -0.39 is 0 Å². The van der Waals surface area contributed by atoms with Crippen LogP contribution in [-0.4, -0.2) is 43.7 Å². The second-order valence-electron chi connectivity index (χ2n) is 7.26. The number of rotatable bonds is 3. The van der Waals surface area contributed by atoms with Gasteiger partial charge in [-0.25, -0.2) is 4.68 Å². The van der Waals surface area contributed by atoms with Crippen molar-refractivity contribution in [2.24, 2.45) is 0 Å². The number of fused-ring (bicyclic) bond motifs is 2. The molecule has 1 fully saturated rings. The van der Waals surface area contributed by atoms with Gasteiger partial charge in [0.15, 0.2) is 0 Å². The minimum Gasteiger partial charge on any atom is -0.377 e. The lowest BCUT2D eigenvalue weighted by molar-refractivity contribution is 0.0924. The molecule has 2 unspecified atom stereocenters. The fourth-order valence-electron chi connectivity index (χ4n) is 3.91. The van der Waals surface area contributed by atoms with E-state index in [0.29, 0.717) is 24.3 Å². The summed E-state index contributed by atoms with van der Waals surface area (Å²) in [6.07, 6.45) is 3.99. The van der Waals surface area contributed by atoms with E-state index in [1.807, 2.05) is 0 Å². The number of carbonyl (C=O) groups is 1. The highest BCUT2D eigenvalue weighted by atomic mass is 32.1. The van der Waals surface area contributed by atoms with Gasteiger partial charge in [0.1, 0.15) is 17.1 Å². The Hall–Kier alpha value is -2.65. The molecule has 0 bridgehead atoms. The number of hydrogen-bond acceptors (Lipinski definition) is 7. The van der Waals surface area contributed by atoms with Crippen LogP contribution in [0.1, 0.15) is 40.5 Å². The van der Waals surface area contributed by atoms with Crippen molar-refractivity contribution in [3.05, 3.63) is 51.4 Å². The number of aryl methyl sites for hydroxylation is 2. The summed E-state index contributed by atoms with van der Waals surface area (Å²) in [6, 6.07) is 6.31. The van der Waals surface area contributed by atoms with Crippen LogP contribution in [-0.2, 0) is 17.6 Å². The van der Waals surface area contributed by atoms with Crippen LogP contribution >= 0.6 is 11.7 Å². The van der Waals surface area contributed by atoms with Gasteiger partial charge in [-0.05, 0) is 49.4 Å². The van der Waals surface area contributed by atoms with Gasteiger partial charge in [-0.2, -0.15) is 13.8 Å². The Morgan fingerprint density at radius 1 is 1.14 bits per heavy atom. The molecule has 1 N–H and O–H groups in total. The first-order valence-corrected chi connectivity index (χ1v) is 10.1. The highest BCUT2D eigenvalue weighted by molar-refractivity contribution is 7.00. The standard InChI is InChI=1S/C19H19N5O3S/c25-18-8-11-3-1-2-4-13(11)21-24(18)17-10-27-9-16(17)20-19(26)12-5-6-14-15(7-12)23-28-22-14/h5-8,16-17H,1-4,9-10H2,(H,20,26). The van der Waals surface area contributed by atoms with Crippen LogP contribution in [0.5, 0.6) is 0 Å². The van der Waals surface area contributed by atoms with E-state index in [0.717, 1.165) is 54.2 Å². The SMILES string of the molecule is O=C(NC1COCC1n1nc2c(cc1=O)CCCC2)c1ccc2nsnc2c1. The van der Waals surface area contributed by atoms with E-state index in [2.05, 4.69) is 19.2 Å². The van der Waals surface area contributed by atoms with Crippen molar-refractivity contribution in [1.29, 1.82) is 0 Å². The van der Waals surface area contributed by atoms with Crippen LogP contribution in [0, 0.1) is 0 Å². The van der Waals surface area contributed by atoms with Crippen molar-refractivity contribution >= 4 is 28.7 Å². The Morgan fingerprint density at radius 3 is 2.93 bits per heavy atom. The fraction of sp³-hybridized carbons (Fsp3) is 0.421. The van der Waals surface area contributed by atoms with E-state index >= 15 is 0 Å². The molecule has 28 heavy (non-hydrogen) atoms. The van der Waals surface area contributed by atoms with E-state index in [1.165, 1.54) is 4.68 Å². The molecule has 5 rings (SSSR count). The lowest BCUT2D eigenvalue weighted by Crippen LogP contribution is -2.44. The van der Waals surface area contributed by atoms with Gasteiger partial charge in [0, 0.05) is 11.6 Å². The Bertz CT molecular complexity index is 1110. The number of hydrogen-bond donors (Lipinski definition) is 1. The maximum atomic E-state index is 12.7. The van der Waals surface area contributed by atoms with Crippen LogP contribution in [0.3, 0.4) is 0 Å². The van der Waals surface area contributed by atoms with Crippen LogP contribution < -0.4 is 10.9 Å². The van der Waals surface area contributed by atoms with Crippen molar-refractivity contribution < 1.29 is 9.53 Å². The minimum atomic E-state index is -0.316. The molecule has 1 aromatic carbocycles. The summed E-state index contributed by atoms with van der Waals surface area (Å²) < 4.78 is 15.4. The predicted molar refractivity (Wildman–Crippen MR) is 104 cm³/mol. The molecule has 2 atom stereocenters. The number of benzene rings is 1. The average molecular weight is 397 g/mol. The quantitative estimate of drug-likeness (QED) is 0.719. The van der Waals surface area contributed by atoms with Crippen molar-refractivity contribution in [2.75, 3.05) is 13.2 Å². The number of nitrogens with one attached hydrogen (secondary N) is 1. The van der Waals surface area contributed by atoms with Gasteiger partial charge in [0.05, 0.1) is 36.7 Å². The number of ether oxygens (including phenoxy) is 1. The molecule has 8 nitrogen and oxygen atoms in total. The molecule has 1 amide bonds. The third-order valence-electron chi connectivity index (χ3n) is 5.43. The minimum absolute atomic E-state index is 0.134. The molecule has 0 spiro atoms. The topological polar surface area (TPSA) is 99.0 Å². The fourth-order valence-corrected chi connectivity index (χ4v) is 4.43. The third-order valence-corrected chi connectivity index (χ3v) is 5.99. The molecule has 3 aromatic rings. The van der Waals surface area contributed by atoms with Gasteiger partial charge in [-0.1, -0.05) is 0 Å². The molecule has 3 heterocycles. The molecule has 0 radical (unpaired) electrons. The summed E-state index contributed by atoms with van der Waals surface area (Å²) in [5, 5.41) is 7.61. The second-order valence-corrected chi connectivity index (χ2v) is 7.79. The average Bonchev–Trinajstić information content (AvgIpc) is 3.36. The normalized spacial score (nSPS) is 21.6. The van der Waals surface area contributed by atoms with Crippen LogP contribution in [0.25, 0.3) is 11.0 Å². The summed E-state index contributed by atoms with van der Waals surface area (Å²) in [4.78, 5) is 25.4. The highest BCUT2D eigenvalue weighted by Crippen LogP contribution is 2.22. The van der Waals surface area contributed by atoms with E-state index in [-0.39, 0.29) is 23.6 Å². The van der Waals surface area contributed by atoms with Crippen molar-refractivity contribution in [1.82, 2.24) is 23.8 Å². The van der Waals surface area contributed by atoms with Crippen LogP contribution in [0.2, 0.25) is 0 Å². The summed E-state index contributed by atoms with van der Waals surface area (Å²) in [5.41, 5.74) is 3.89. The molecule has 1 saturated heterocycles. The lowest BCUT2D eigenvalue weighted by Gasteiger charge is -2.23. The predicted octanol–water partition coefficient (Wildman–Crippen LogP) is 1.50. The van der Waals surface area contributed by atoms with Crippen molar-refractivity contribution in [3.63, 3.8) is 0 Å². The molecule has 1 aliphatic heterocycles. The Kier molecular flexibility index (Phi) is 4.40. The van der Waals surface area contributed by atoms with Crippen molar-refractivity contribution in [2.45, 2.75) is 37.8 Å². The smallest absolute Gasteiger partial charge is 0.267 e. The molecule has 2 aromatic heterocycles. The summed E-state index contributed by atoms with van der Waals surface area (Å²) in [5.74, 6) is -0.221. The van der Waals surface area contributed by atoms with Crippen LogP contribution in [0.15, 0.2) is 29.1 Å². The van der Waals surface area contributed by atoms with Crippen LogP contribution in [0.4, 0.5) is 0 Å². The number of carbonyl (C=O) groups excluding carboxylic acids is 1. The van der Waals surface area contributed by atoms with E-state index in [9.17, 15) is 9.59 Å². The Labute approximate surface area is 164 Å². The van der Waals surface area contributed by atoms with Gasteiger partial charge < -0.3 is 10.1 Å². The molecule has 2 aliphatic rings. The maximum Gasteiger partial charge on any atom is 0.267 e. The van der Waals surface area contributed by atoms with Gasteiger partial charge in [0.25, 0.3) is 11.5 Å². The summed E-state index contributed by atoms with van der Waals surface area (Å²) >= 11 is 1.12. The van der Waals surface area contributed by atoms with Gasteiger partial charge in [0.2, 0.25) is 0 Å². The van der Waals surface area contributed by atoms with Gasteiger partial charge in [-0.3, -0.25) is 9.59 Å². The first-order valence-electron chi connectivity index (χ1n) is 9.41. The lowest BCUT2D eigenvalue weighted by atomic mass is 9.97. The first-order chi connectivity index (χ1) is 13.7. The Morgan fingerprint density at radius 2 is 2.00 bits per heavy atom. The third kappa shape index (κ3) is 3.10. The molecule has 9 heteroatoms. The zero-order valence-electron chi connectivity index (χ0n) is 15.1. The van der Waals surface area contributed by atoms with Gasteiger partial charge >= 0.3 is 0 Å². The molecule has 144 valence electrons. The number of aromatic nitrogens is 4. The van der Waals surface area contributed by atoms with Crippen molar-refractivity contribution in [3.8, 4) is 0 Å². The summed E-state index contributed by atoms with van der Waals surface area (Å²) in [6.45, 7) is 0.702.